The summed E-state index contributed by atoms with van der Waals surface area (Å²) in [6.07, 6.45) is 5.74. The monoisotopic (exact) mass is 217 g/mol. The Morgan fingerprint density at radius 3 is 2.75 bits per heavy atom. The Morgan fingerprint density at radius 1 is 1.50 bits per heavy atom. The first-order valence-corrected chi connectivity index (χ1v) is 5.33. The molecule has 0 radical (unpaired) electrons. The Labute approximate surface area is 96.0 Å². The van der Waals surface area contributed by atoms with Crippen LogP contribution in [-0.4, -0.2) is 6.21 Å². The van der Waals surface area contributed by atoms with Gasteiger partial charge in [0, 0.05) is 11.8 Å². The molecule has 16 heavy (non-hydrogen) atoms. The van der Waals surface area contributed by atoms with Crippen molar-refractivity contribution in [3.8, 4) is 0 Å². The lowest BCUT2D eigenvalue weighted by atomic mass is 10.1. The van der Waals surface area contributed by atoms with Gasteiger partial charge in [-0.3, -0.25) is 4.99 Å². The number of hydrogen-bond acceptors (Lipinski definition) is 1. The minimum Gasteiger partial charge on any atom is -0.257 e. The third kappa shape index (κ3) is 2.89. The highest BCUT2D eigenvalue weighted by Crippen LogP contribution is 2.19. The van der Waals surface area contributed by atoms with Crippen molar-refractivity contribution in [3.05, 3.63) is 53.9 Å². The van der Waals surface area contributed by atoms with E-state index < -0.39 is 0 Å². The molecule has 1 aromatic carbocycles. The van der Waals surface area contributed by atoms with Gasteiger partial charge in [0.2, 0.25) is 0 Å². The molecule has 1 rings (SSSR count). The first-order chi connectivity index (χ1) is 7.72. The predicted octanol–water partition coefficient (Wildman–Crippen LogP) is 4.01. The molecule has 0 aliphatic rings. The molecule has 0 aliphatic heterocycles. The van der Waals surface area contributed by atoms with Gasteiger partial charge in [-0.25, -0.2) is 4.39 Å². The third-order valence-corrected chi connectivity index (χ3v) is 2.32. The fraction of sp³-hybridized carbons (Fsp3) is 0.214. The van der Waals surface area contributed by atoms with E-state index in [1.165, 1.54) is 6.07 Å². The highest BCUT2D eigenvalue weighted by atomic mass is 19.1. The van der Waals surface area contributed by atoms with E-state index in [4.69, 9.17) is 0 Å². The number of halogens is 1. The molecule has 0 saturated carbocycles. The lowest BCUT2D eigenvalue weighted by Crippen LogP contribution is -1.90. The average molecular weight is 217 g/mol. The Bertz CT molecular complexity index is 430. The molecule has 0 amide bonds. The standard InChI is InChI=1S/C14H16FN/c1-4-9-16-14(6-3)12-8-7-11(5-2)13(15)10-12/h4,6-10H,1,5H2,2-3H3/b14-6-,16-9?. The molecular formula is C14H16FN. The number of aryl methyl sites for hydroxylation is 1. The number of allylic oxidation sites excluding steroid dienone is 2. The van der Waals surface area contributed by atoms with E-state index in [2.05, 4.69) is 11.6 Å². The van der Waals surface area contributed by atoms with Crippen LogP contribution in [0, 0.1) is 5.82 Å². The quantitative estimate of drug-likeness (QED) is 0.676. The minimum absolute atomic E-state index is 0.173. The van der Waals surface area contributed by atoms with Crippen LogP contribution < -0.4 is 0 Å². The van der Waals surface area contributed by atoms with Gasteiger partial charge in [0.15, 0.2) is 0 Å². The molecule has 0 bridgehead atoms. The number of nitrogens with zero attached hydrogens (tertiary/aromatic N) is 1. The van der Waals surface area contributed by atoms with Gasteiger partial charge in [0.25, 0.3) is 0 Å². The van der Waals surface area contributed by atoms with E-state index >= 15 is 0 Å². The molecule has 1 aromatic rings. The maximum absolute atomic E-state index is 13.6. The van der Waals surface area contributed by atoms with Crippen molar-refractivity contribution in [1.82, 2.24) is 0 Å². The smallest absolute Gasteiger partial charge is 0.127 e. The van der Waals surface area contributed by atoms with Gasteiger partial charge < -0.3 is 0 Å². The Morgan fingerprint density at radius 2 is 2.25 bits per heavy atom. The minimum atomic E-state index is -0.173. The van der Waals surface area contributed by atoms with E-state index in [9.17, 15) is 4.39 Å². The van der Waals surface area contributed by atoms with Crippen LogP contribution in [0.1, 0.15) is 25.0 Å². The molecule has 0 fully saturated rings. The lowest BCUT2D eigenvalue weighted by Gasteiger charge is -2.04. The summed E-state index contributed by atoms with van der Waals surface area (Å²) in [5.41, 5.74) is 2.27. The summed E-state index contributed by atoms with van der Waals surface area (Å²) in [5.74, 6) is -0.173. The molecule has 0 aliphatic carbocycles. The molecule has 0 unspecified atom stereocenters. The summed E-state index contributed by atoms with van der Waals surface area (Å²) in [7, 11) is 0. The zero-order chi connectivity index (χ0) is 12.0. The predicted molar refractivity (Wildman–Crippen MR) is 68.1 cm³/mol. The normalized spacial score (nSPS) is 12.1. The van der Waals surface area contributed by atoms with Crippen LogP contribution in [0.15, 0.2) is 41.9 Å². The fourth-order valence-electron chi connectivity index (χ4n) is 1.44. The molecule has 84 valence electrons. The fourth-order valence-corrected chi connectivity index (χ4v) is 1.44. The van der Waals surface area contributed by atoms with Crippen molar-refractivity contribution >= 4 is 11.9 Å². The summed E-state index contributed by atoms with van der Waals surface area (Å²) in [6.45, 7) is 7.37. The van der Waals surface area contributed by atoms with Crippen LogP contribution >= 0.6 is 0 Å². The number of hydrogen-bond donors (Lipinski definition) is 0. The molecule has 0 N–H and O–H groups in total. The van der Waals surface area contributed by atoms with Crippen molar-refractivity contribution in [2.24, 2.45) is 4.99 Å². The zero-order valence-corrected chi connectivity index (χ0v) is 9.70. The molecule has 0 atom stereocenters. The number of rotatable bonds is 4. The van der Waals surface area contributed by atoms with Gasteiger partial charge in [-0.2, -0.15) is 0 Å². The SMILES string of the molecule is C=CC=N/C(=C\C)c1ccc(CC)c(F)c1. The maximum atomic E-state index is 13.6. The summed E-state index contributed by atoms with van der Waals surface area (Å²) < 4.78 is 13.6. The van der Waals surface area contributed by atoms with Gasteiger partial charge in [0.1, 0.15) is 5.82 Å². The molecule has 2 heteroatoms. The van der Waals surface area contributed by atoms with Crippen LogP contribution in [0.3, 0.4) is 0 Å². The highest BCUT2D eigenvalue weighted by Gasteiger charge is 2.04. The molecule has 0 aromatic heterocycles. The van der Waals surface area contributed by atoms with Crippen LogP contribution in [-0.2, 0) is 6.42 Å². The van der Waals surface area contributed by atoms with Gasteiger partial charge in [0.05, 0.1) is 5.70 Å². The molecule has 0 heterocycles. The van der Waals surface area contributed by atoms with Crippen molar-refractivity contribution in [3.63, 3.8) is 0 Å². The second-order valence-corrected chi connectivity index (χ2v) is 3.35. The summed E-state index contributed by atoms with van der Waals surface area (Å²) >= 11 is 0. The van der Waals surface area contributed by atoms with Gasteiger partial charge in [-0.15, -0.1) is 0 Å². The van der Waals surface area contributed by atoms with E-state index in [1.807, 2.05) is 26.0 Å². The number of aliphatic imine (C=N–C) groups is 1. The van der Waals surface area contributed by atoms with Crippen molar-refractivity contribution in [2.75, 3.05) is 0 Å². The summed E-state index contributed by atoms with van der Waals surface area (Å²) in [4.78, 5) is 4.18. The van der Waals surface area contributed by atoms with Crippen LogP contribution in [0.4, 0.5) is 4.39 Å². The van der Waals surface area contributed by atoms with Crippen LogP contribution in [0.25, 0.3) is 5.70 Å². The average Bonchev–Trinajstić information content (AvgIpc) is 2.30. The Kier molecular flexibility index (Phi) is 4.65. The third-order valence-electron chi connectivity index (χ3n) is 2.32. The Balaban J connectivity index is 3.08. The topological polar surface area (TPSA) is 12.4 Å². The number of benzene rings is 1. The van der Waals surface area contributed by atoms with Crippen molar-refractivity contribution in [2.45, 2.75) is 20.3 Å². The van der Waals surface area contributed by atoms with Crippen LogP contribution in [0.2, 0.25) is 0 Å². The van der Waals surface area contributed by atoms with E-state index in [0.717, 1.165) is 16.8 Å². The van der Waals surface area contributed by atoms with Gasteiger partial charge >= 0.3 is 0 Å². The largest absolute Gasteiger partial charge is 0.257 e. The van der Waals surface area contributed by atoms with Crippen LogP contribution in [0.5, 0.6) is 0 Å². The van der Waals surface area contributed by atoms with Gasteiger partial charge in [-0.05, 0) is 25.0 Å². The highest BCUT2D eigenvalue weighted by molar-refractivity contribution is 5.79. The van der Waals surface area contributed by atoms with Crippen molar-refractivity contribution < 1.29 is 4.39 Å². The molecule has 0 saturated heterocycles. The van der Waals surface area contributed by atoms with E-state index in [0.29, 0.717) is 6.42 Å². The van der Waals surface area contributed by atoms with E-state index in [1.54, 1.807) is 18.4 Å². The summed E-state index contributed by atoms with van der Waals surface area (Å²) in [5, 5.41) is 0. The first-order valence-electron chi connectivity index (χ1n) is 5.33. The van der Waals surface area contributed by atoms with Gasteiger partial charge in [-0.1, -0.05) is 37.8 Å². The zero-order valence-electron chi connectivity index (χ0n) is 9.70. The van der Waals surface area contributed by atoms with Crippen molar-refractivity contribution in [1.29, 1.82) is 0 Å². The maximum Gasteiger partial charge on any atom is 0.127 e. The first kappa shape index (κ1) is 12.4. The second-order valence-electron chi connectivity index (χ2n) is 3.35. The van der Waals surface area contributed by atoms with E-state index in [-0.39, 0.29) is 5.82 Å². The summed E-state index contributed by atoms with van der Waals surface area (Å²) in [6, 6.07) is 5.21. The Hall–Kier alpha value is -1.70. The lowest BCUT2D eigenvalue weighted by molar-refractivity contribution is 0.611. The molecule has 1 nitrogen and oxygen atoms in total. The molecule has 0 spiro atoms. The molecular weight excluding hydrogens is 201 g/mol. The second kappa shape index (κ2) is 6.01.